The lowest BCUT2D eigenvalue weighted by Crippen LogP contribution is -2.43. The fourth-order valence-corrected chi connectivity index (χ4v) is 0.914. The van der Waals surface area contributed by atoms with Gasteiger partial charge in [0.2, 0.25) is 16.1 Å². The molecule has 1 aliphatic rings. The first-order valence-corrected chi connectivity index (χ1v) is 3.50. The van der Waals surface area contributed by atoms with Crippen molar-refractivity contribution >= 4 is 40.6 Å². The fourth-order valence-electron chi connectivity index (χ4n) is 0.510. The Hall–Kier alpha value is -0.950. The highest BCUT2D eigenvalue weighted by molar-refractivity contribution is 7.82. The van der Waals surface area contributed by atoms with Crippen molar-refractivity contribution in [1.29, 1.82) is 0 Å². The van der Waals surface area contributed by atoms with Crippen LogP contribution in [0.1, 0.15) is 6.92 Å². The number of nitrogens with zero attached hydrogens (tertiary/aromatic N) is 3. The van der Waals surface area contributed by atoms with E-state index in [0.717, 1.165) is 0 Å². The van der Waals surface area contributed by atoms with Crippen LogP contribution in [0.3, 0.4) is 0 Å². The number of nitrogens with one attached hydrogen (secondary N) is 1. The lowest BCUT2D eigenvalue weighted by molar-refractivity contribution is -0.121. The van der Waals surface area contributed by atoms with Crippen molar-refractivity contribution in [3.05, 3.63) is 0 Å². The summed E-state index contributed by atoms with van der Waals surface area (Å²) in [6.45, 7) is 1.35. The van der Waals surface area contributed by atoms with Gasteiger partial charge in [-0.2, -0.15) is 5.01 Å². The Kier molecular flexibility index (Phi) is 2.20. The molecule has 0 bridgehead atoms. The van der Waals surface area contributed by atoms with E-state index in [9.17, 15) is 4.79 Å². The Bertz CT molecular complexity index is 243. The monoisotopic (exact) mass is 188 g/mol. The molecule has 7 heteroatoms. The van der Waals surface area contributed by atoms with Crippen molar-refractivity contribution in [3.8, 4) is 0 Å². The molecule has 0 aliphatic carbocycles. The minimum atomic E-state index is -0.262. The maximum atomic E-state index is 10.5. The number of carbonyl (C=O) groups is 1. The standard InChI is InChI=1S/C4H4N4OS2/c1-2(9)7-8-3(10)5-6-4(8)11/h1H3,(H,7,9). The number of carbonyl (C=O) groups excluding carboxylic acids is 1. The zero-order valence-electron chi connectivity index (χ0n) is 5.57. The molecule has 0 atom stereocenters. The summed E-state index contributed by atoms with van der Waals surface area (Å²) in [4.78, 5) is 10.5. The van der Waals surface area contributed by atoms with Crippen molar-refractivity contribution in [2.75, 3.05) is 0 Å². The number of amides is 1. The lowest BCUT2D eigenvalue weighted by Gasteiger charge is -2.13. The molecule has 1 amide bonds. The molecule has 1 heterocycles. The highest BCUT2D eigenvalue weighted by Gasteiger charge is 2.20. The average molecular weight is 188 g/mol. The van der Waals surface area contributed by atoms with Crippen molar-refractivity contribution in [2.45, 2.75) is 6.92 Å². The minimum Gasteiger partial charge on any atom is -0.274 e. The Labute approximate surface area is 73.4 Å². The second kappa shape index (κ2) is 2.97. The normalized spacial score (nSPS) is 15.9. The average Bonchev–Trinajstić information content (AvgIpc) is 2.18. The summed E-state index contributed by atoms with van der Waals surface area (Å²) in [5, 5.41) is 8.44. The summed E-state index contributed by atoms with van der Waals surface area (Å²) < 4.78 is 0. The summed E-state index contributed by atoms with van der Waals surface area (Å²) in [5.74, 6) is -0.262. The molecule has 0 spiro atoms. The molecule has 1 N–H and O–H groups in total. The van der Waals surface area contributed by atoms with E-state index in [1.165, 1.54) is 11.9 Å². The molecule has 5 nitrogen and oxygen atoms in total. The molecular weight excluding hydrogens is 184 g/mol. The highest BCUT2D eigenvalue weighted by Crippen LogP contribution is 2.04. The van der Waals surface area contributed by atoms with Crippen LogP contribution in [0.2, 0.25) is 0 Å². The molecule has 0 aromatic carbocycles. The molecule has 0 saturated carbocycles. The largest absolute Gasteiger partial charge is 0.274 e. The number of thiocarbonyl (C=S) groups is 2. The van der Waals surface area contributed by atoms with E-state index in [4.69, 9.17) is 24.4 Å². The first-order valence-electron chi connectivity index (χ1n) is 2.68. The van der Waals surface area contributed by atoms with Crippen molar-refractivity contribution < 1.29 is 4.79 Å². The van der Waals surface area contributed by atoms with Gasteiger partial charge >= 0.3 is 0 Å². The lowest BCUT2D eigenvalue weighted by atomic mass is 10.7. The van der Waals surface area contributed by atoms with Crippen molar-refractivity contribution in [1.82, 2.24) is 10.4 Å². The van der Waals surface area contributed by atoms with Gasteiger partial charge in [0.1, 0.15) is 0 Å². The molecule has 0 aromatic heterocycles. The van der Waals surface area contributed by atoms with Crippen LogP contribution in [0.4, 0.5) is 0 Å². The van der Waals surface area contributed by atoms with Gasteiger partial charge in [-0.15, -0.1) is 10.2 Å². The van der Waals surface area contributed by atoms with Crippen molar-refractivity contribution in [2.24, 2.45) is 10.2 Å². The van der Waals surface area contributed by atoms with E-state index in [1.807, 2.05) is 0 Å². The summed E-state index contributed by atoms with van der Waals surface area (Å²) in [6, 6.07) is 0. The topological polar surface area (TPSA) is 57.1 Å². The summed E-state index contributed by atoms with van der Waals surface area (Å²) in [5.41, 5.74) is 2.37. The SMILES string of the molecule is CC(=O)NN1C(=S)N=NC1=S. The van der Waals surface area contributed by atoms with Crippen LogP contribution >= 0.6 is 24.4 Å². The molecule has 0 saturated heterocycles. The predicted octanol–water partition coefficient (Wildman–Crippen LogP) is 0.375. The molecule has 1 aliphatic heterocycles. The Morgan fingerprint density at radius 2 is 1.91 bits per heavy atom. The van der Waals surface area contributed by atoms with Crippen LogP contribution in [0.25, 0.3) is 0 Å². The van der Waals surface area contributed by atoms with Gasteiger partial charge in [0.25, 0.3) is 0 Å². The van der Waals surface area contributed by atoms with Gasteiger partial charge in [-0.1, -0.05) is 0 Å². The second-order valence-electron chi connectivity index (χ2n) is 1.77. The van der Waals surface area contributed by atoms with E-state index in [-0.39, 0.29) is 16.1 Å². The van der Waals surface area contributed by atoms with E-state index in [1.54, 1.807) is 0 Å². The smallest absolute Gasteiger partial charge is 0.242 e. The number of rotatable bonds is 1. The third-order valence-electron chi connectivity index (χ3n) is 0.873. The van der Waals surface area contributed by atoms with Gasteiger partial charge in [0.15, 0.2) is 0 Å². The Morgan fingerprint density at radius 1 is 1.45 bits per heavy atom. The molecule has 1 rings (SSSR count). The third-order valence-corrected chi connectivity index (χ3v) is 1.40. The minimum absolute atomic E-state index is 0.158. The van der Waals surface area contributed by atoms with Crippen LogP contribution in [0.5, 0.6) is 0 Å². The molecule has 0 unspecified atom stereocenters. The van der Waals surface area contributed by atoms with E-state index in [0.29, 0.717) is 0 Å². The van der Waals surface area contributed by atoms with Crippen LogP contribution in [0.15, 0.2) is 10.2 Å². The van der Waals surface area contributed by atoms with Gasteiger partial charge in [-0.3, -0.25) is 10.2 Å². The number of hydrazine groups is 1. The number of azo groups is 1. The van der Waals surface area contributed by atoms with Crippen LogP contribution in [0, 0.1) is 0 Å². The van der Waals surface area contributed by atoms with Crippen LogP contribution in [-0.4, -0.2) is 21.1 Å². The first kappa shape index (κ1) is 8.15. The molecule has 0 radical (unpaired) electrons. The zero-order chi connectivity index (χ0) is 8.43. The molecule has 0 aromatic rings. The van der Waals surface area contributed by atoms with E-state index < -0.39 is 0 Å². The van der Waals surface area contributed by atoms with Gasteiger partial charge in [-0.05, 0) is 24.4 Å². The van der Waals surface area contributed by atoms with Crippen molar-refractivity contribution in [3.63, 3.8) is 0 Å². The van der Waals surface area contributed by atoms with Gasteiger partial charge < -0.3 is 0 Å². The quantitative estimate of drug-likeness (QED) is 0.604. The molecule has 58 valence electrons. The Balaban J connectivity index is 2.66. The second-order valence-corrected chi connectivity index (χ2v) is 2.50. The number of hydrogen-bond acceptors (Lipinski definition) is 3. The predicted molar refractivity (Wildman–Crippen MR) is 45.7 cm³/mol. The van der Waals surface area contributed by atoms with E-state index in [2.05, 4.69) is 15.7 Å². The van der Waals surface area contributed by atoms with Crippen LogP contribution < -0.4 is 5.43 Å². The number of hydrogen-bond donors (Lipinski definition) is 1. The molecular formula is C4H4N4OS2. The molecule has 0 fully saturated rings. The van der Waals surface area contributed by atoms with Gasteiger partial charge in [-0.25, -0.2) is 0 Å². The van der Waals surface area contributed by atoms with E-state index >= 15 is 0 Å². The van der Waals surface area contributed by atoms with Gasteiger partial charge in [0, 0.05) is 6.92 Å². The highest BCUT2D eigenvalue weighted by atomic mass is 32.1. The summed E-state index contributed by atoms with van der Waals surface area (Å²) >= 11 is 9.40. The fraction of sp³-hybridized carbons (Fsp3) is 0.250. The van der Waals surface area contributed by atoms with Crippen LogP contribution in [-0.2, 0) is 4.79 Å². The maximum Gasteiger partial charge on any atom is 0.242 e. The zero-order valence-corrected chi connectivity index (χ0v) is 7.20. The summed E-state index contributed by atoms with van der Waals surface area (Å²) in [7, 11) is 0. The third kappa shape index (κ3) is 1.75. The van der Waals surface area contributed by atoms with Gasteiger partial charge in [0.05, 0.1) is 0 Å². The maximum absolute atomic E-state index is 10.5. The molecule has 11 heavy (non-hydrogen) atoms. The Morgan fingerprint density at radius 3 is 2.27 bits per heavy atom. The first-order chi connectivity index (χ1) is 5.11. The summed E-state index contributed by atoms with van der Waals surface area (Å²) in [6.07, 6.45) is 0.